The quantitative estimate of drug-likeness (QED) is 0.365. The molecule has 0 saturated carbocycles. The summed E-state index contributed by atoms with van der Waals surface area (Å²) in [6.45, 7) is 4.52. The zero-order chi connectivity index (χ0) is 21.8. The first-order chi connectivity index (χ1) is 15.0. The Hall–Kier alpha value is -2.81. The predicted octanol–water partition coefficient (Wildman–Crippen LogP) is 5.65. The van der Waals surface area contributed by atoms with Crippen LogP contribution in [0.2, 0.25) is 5.02 Å². The largest absolute Gasteiger partial charge is 0.352 e. The Morgan fingerprint density at radius 1 is 1.10 bits per heavy atom. The van der Waals surface area contributed by atoms with Crippen molar-refractivity contribution in [2.75, 3.05) is 11.9 Å². The van der Waals surface area contributed by atoms with Crippen molar-refractivity contribution >= 4 is 51.1 Å². The number of aromatic nitrogens is 3. The van der Waals surface area contributed by atoms with Crippen LogP contribution in [0.3, 0.4) is 0 Å². The van der Waals surface area contributed by atoms with Gasteiger partial charge in [-0.05, 0) is 50.1 Å². The fourth-order valence-electron chi connectivity index (χ4n) is 2.99. The van der Waals surface area contributed by atoms with Crippen LogP contribution in [0.25, 0.3) is 10.6 Å². The number of pyridine rings is 1. The van der Waals surface area contributed by atoms with Crippen molar-refractivity contribution in [1.29, 1.82) is 0 Å². The number of thiazole rings is 2. The zero-order valence-corrected chi connectivity index (χ0v) is 19.4. The highest BCUT2D eigenvalue weighted by Crippen LogP contribution is 2.32. The van der Waals surface area contributed by atoms with Gasteiger partial charge in [-0.15, -0.1) is 22.7 Å². The van der Waals surface area contributed by atoms with Crippen LogP contribution in [0.4, 0.5) is 10.9 Å². The highest BCUT2D eigenvalue weighted by Gasteiger charge is 2.12. The summed E-state index contributed by atoms with van der Waals surface area (Å²) < 4.78 is 0. The van der Waals surface area contributed by atoms with E-state index in [1.165, 1.54) is 11.3 Å². The lowest BCUT2D eigenvalue weighted by Gasteiger charge is -2.06. The summed E-state index contributed by atoms with van der Waals surface area (Å²) in [5.41, 5.74) is 3.53. The topological polar surface area (TPSA) is 79.8 Å². The first kappa shape index (κ1) is 21.4. The molecule has 1 aromatic carbocycles. The van der Waals surface area contributed by atoms with Crippen LogP contribution in [0.1, 0.15) is 26.6 Å². The molecule has 0 aliphatic carbocycles. The maximum absolute atomic E-state index is 12.3. The molecule has 6 nitrogen and oxygen atoms in total. The van der Waals surface area contributed by atoms with E-state index in [0.29, 0.717) is 22.9 Å². The number of carbonyl (C=O) groups excluding carboxylic acids is 1. The average Bonchev–Trinajstić information content (AvgIpc) is 3.35. The maximum Gasteiger partial charge on any atom is 0.252 e. The van der Waals surface area contributed by atoms with E-state index in [0.717, 1.165) is 38.4 Å². The van der Waals surface area contributed by atoms with Gasteiger partial charge >= 0.3 is 0 Å². The summed E-state index contributed by atoms with van der Waals surface area (Å²) in [5.74, 6) is 0.483. The number of halogens is 1. The third-order valence-corrected chi connectivity index (χ3v) is 6.62. The molecule has 0 radical (unpaired) electrons. The Kier molecular flexibility index (Phi) is 6.60. The van der Waals surface area contributed by atoms with Crippen molar-refractivity contribution in [3.63, 3.8) is 0 Å². The summed E-state index contributed by atoms with van der Waals surface area (Å²) in [4.78, 5) is 26.9. The van der Waals surface area contributed by atoms with Gasteiger partial charge in [0.05, 0.1) is 26.8 Å². The average molecular weight is 470 g/mol. The summed E-state index contributed by atoms with van der Waals surface area (Å²) in [5, 5.41) is 10.6. The number of benzene rings is 1. The minimum Gasteiger partial charge on any atom is -0.352 e. The van der Waals surface area contributed by atoms with Crippen molar-refractivity contribution in [2.24, 2.45) is 0 Å². The first-order valence-corrected chi connectivity index (χ1v) is 11.7. The number of carbonyl (C=O) groups is 1. The van der Waals surface area contributed by atoms with Crippen molar-refractivity contribution in [3.05, 3.63) is 74.8 Å². The number of nitrogens with one attached hydrogen (secondary N) is 2. The molecule has 31 heavy (non-hydrogen) atoms. The molecule has 0 unspecified atom stereocenters. The summed E-state index contributed by atoms with van der Waals surface area (Å²) in [6.07, 6.45) is 2.30. The van der Waals surface area contributed by atoms with E-state index in [4.69, 9.17) is 11.6 Å². The minimum absolute atomic E-state index is 0.152. The van der Waals surface area contributed by atoms with Gasteiger partial charge in [0.1, 0.15) is 5.82 Å². The van der Waals surface area contributed by atoms with Crippen LogP contribution >= 0.6 is 34.3 Å². The lowest BCUT2D eigenvalue weighted by molar-refractivity contribution is 0.0954. The summed E-state index contributed by atoms with van der Waals surface area (Å²) >= 11 is 9.03. The fraction of sp³-hybridized carbons (Fsp3) is 0.182. The van der Waals surface area contributed by atoms with Crippen LogP contribution in [0.15, 0.2) is 48.0 Å². The van der Waals surface area contributed by atoms with Gasteiger partial charge in [-0.1, -0.05) is 23.7 Å². The first-order valence-electron chi connectivity index (χ1n) is 9.63. The second-order valence-corrected chi connectivity index (χ2v) is 9.37. The molecule has 1 amide bonds. The molecule has 9 heteroatoms. The lowest BCUT2D eigenvalue weighted by Crippen LogP contribution is -2.25. The fourth-order valence-corrected chi connectivity index (χ4v) is 4.78. The summed E-state index contributed by atoms with van der Waals surface area (Å²) in [7, 11) is 0. The molecular formula is C22H20ClN5OS2. The van der Waals surface area contributed by atoms with Crippen molar-refractivity contribution in [3.8, 4) is 10.6 Å². The normalized spacial score (nSPS) is 10.8. The van der Waals surface area contributed by atoms with Crippen LogP contribution in [0, 0.1) is 13.8 Å². The van der Waals surface area contributed by atoms with E-state index in [1.54, 1.807) is 29.7 Å². The van der Waals surface area contributed by atoms with Crippen molar-refractivity contribution < 1.29 is 4.79 Å². The Morgan fingerprint density at radius 2 is 1.90 bits per heavy atom. The Labute approximate surface area is 193 Å². The van der Waals surface area contributed by atoms with E-state index in [1.807, 2.05) is 43.5 Å². The highest BCUT2D eigenvalue weighted by molar-refractivity contribution is 7.16. The van der Waals surface area contributed by atoms with Crippen LogP contribution in [0.5, 0.6) is 0 Å². The van der Waals surface area contributed by atoms with Gasteiger partial charge in [-0.25, -0.2) is 15.0 Å². The minimum atomic E-state index is -0.152. The van der Waals surface area contributed by atoms with Crippen LogP contribution < -0.4 is 10.6 Å². The molecular weight excluding hydrogens is 450 g/mol. The lowest BCUT2D eigenvalue weighted by atomic mass is 10.1. The second kappa shape index (κ2) is 9.55. The maximum atomic E-state index is 12.3. The zero-order valence-electron chi connectivity index (χ0n) is 17.0. The van der Waals surface area contributed by atoms with E-state index in [2.05, 4.69) is 25.6 Å². The van der Waals surface area contributed by atoms with Gasteiger partial charge in [0, 0.05) is 23.1 Å². The standard InChI is InChI=1S/C22H20ClN5OS2/c1-13-20(31-14(2)26-13)18-12-30-22(27-18)28-19-8-5-16(11-25-19)21(29)24-10-9-15-3-6-17(23)7-4-15/h3-8,11-12H,9-10H2,1-2H3,(H,24,29)(H,25,27,28). The molecule has 2 N–H and O–H groups in total. The molecule has 3 aromatic heterocycles. The molecule has 0 aliphatic heterocycles. The van der Waals surface area contributed by atoms with Gasteiger partial charge < -0.3 is 10.6 Å². The second-order valence-electron chi connectivity index (χ2n) is 6.87. The number of hydrogen-bond acceptors (Lipinski definition) is 7. The van der Waals surface area contributed by atoms with Crippen LogP contribution in [-0.4, -0.2) is 27.4 Å². The summed E-state index contributed by atoms with van der Waals surface area (Å²) in [6, 6.07) is 11.1. The predicted molar refractivity (Wildman–Crippen MR) is 128 cm³/mol. The smallest absolute Gasteiger partial charge is 0.252 e. The monoisotopic (exact) mass is 469 g/mol. The number of amides is 1. The Bertz CT molecular complexity index is 1190. The SMILES string of the molecule is Cc1nc(C)c(-c2csc(Nc3ccc(C(=O)NCCc4ccc(Cl)cc4)cn3)n2)s1. The Balaban J connectivity index is 1.32. The van der Waals surface area contributed by atoms with Crippen molar-refractivity contribution in [2.45, 2.75) is 20.3 Å². The number of hydrogen-bond donors (Lipinski definition) is 2. The number of aryl methyl sites for hydroxylation is 2. The molecule has 4 aromatic rings. The van der Waals surface area contributed by atoms with Gasteiger partial charge in [-0.3, -0.25) is 4.79 Å². The van der Waals surface area contributed by atoms with Crippen LogP contribution in [-0.2, 0) is 6.42 Å². The van der Waals surface area contributed by atoms with Gasteiger partial charge in [-0.2, -0.15) is 0 Å². The van der Waals surface area contributed by atoms with Crippen molar-refractivity contribution in [1.82, 2.24) is 20.3 Å². The molecule has 0 spiro atoms. The van der Waals surface area contributed by atoms with E-state index >= 15 is 0 Å². The molecule has 0 saturated heterocycles. The van der Waals surface area contributed by atoms with E-state index < -0.39 is 0 Å². The molecule has 0 fully saturated rings. The number of nitrogens with zero attached hydrogens (tertiary/aromatic N) is 3. The molecule has 0 aliphatic rings. The van der Waals surface area contributed by atoms with E-state index in [-0.39, 0.29) is 5.91 Å². The highest BCUT2D eigenvalue weighted by atomic mass is 35.5. The molecule has 4 rings (SSSR count). The van der Waals surface area contributed by atoms with Gasteiger partial charge in [0.15, 0.2) is 5.13 Å². The molecule has 0 atom stereocenters. The van der Waals surface area contributed by atoms with Gasteiger partial charge in [0.25, 0.3) is 5.91 Å². The third-order valence-electron chi connectivity index (χ3n) is 4.51. The van der Waals surface area contributed by atoms with E-state index in [9.17, 15) is 4.79 Å². The van der Waals surface area contributed by atoms with Gasteiger partial charge in [0.2, 0.25) is 0 Å². The molecule has 0 bridgehead atoms. The number of rotatable bonds is 7. The number of anilines is 2. The third kappa shape index (κ3) is 5.46. The Morgan fingerprint density at radius 3 is 2.58 bits per heavy atom. The molecule has 158 valence electrons. The molecule has 3 heterocycles.